The molecule has 4 rings (SSSR count). The average Bonchev–Trinajstić information content (AvgIpc) is 3.15. The Morgan fingerprint density at radius 3 is 2.57 bits per heavy atom. The van der Waals surface area contributed by atoms with E-state index in [4.69, 9.17) is 4.74 Å². The van der Waals surface area contributed by atoms with Crippen LogP contribution in [0.15, 0.2) is 71.2 Å². The third-order valence-electron chi connectivity index (χ3n) is 4.99. The van der Waals surface area contributed by atoms with Crippen molar-refractivity contribution in [2.75, 3.05) is 23.4 Å². The maximum Gasteiger partial charge on any atom is 0.311 e. The summed E-state index contributed by atoms with van der Waals surface area (Å²) >= 11 is 3.33. The summed E-state index contributed by atoms with van der Waals surface area (Å²) < 4.78 is 6.06. The number of carbonyl (C=O) groups is 3. The normalized spacial score (nSPS) is 16.0. The Hall–Kier alpha value is -3.19. The number of carbonyl (C=O) groups excluding carboxylic acids is 3. The number of fused-ring (bicyclic) bond motifs is 1. The summed E-state index contributed by atoms with van der Waals surface area (Å²) in [7, 11) is 0. The maximum absolute atomic E-state index is 12.6. The molecule has 1 saturated heterocycles. The molecular formula is C23H19BrN2O4. The topological polar surface area (TPSA) is 75.7 Å². The van der Waals surface area contributed by atoms with Gasteiger partial charge in [0.05, 0.1) is 11.6 Å². The Labute approximate surface area is 181 Å². The van der Waals surface area contributed by atoms with E-state index in [1.54, 1.807) is 29.2 Å². The van der Waals surface area contributed by atoms with Gasteiger partial charge in [-0.1, -0.05) is 52.3 Å². The quantitative estimate of drug-likeness (QED) is 0.573. The number of nitrogens with zero attached hydrogens (tertiary/aromatic N) is 1. The molecule has 1 aliphatic heterocycles. The van der Waals surface area contributed by atoms with Gasteiger partial charge in [-0.05, 0) is 35.7 Å². The van der Waals surface area contributed by atoms with Gasteiger partial charge in [0.15, 0.2) is 6.61 Å². The predicted molar refractivity (Wildman–Crippen MR) is 118 cm³/mol. The van der Waals surface area contributed by atoms with Crippen molar-refractivity contribution in [3.05, 3.63) is 71.2 Å². The Bertz CT molecular complexity index is 1110. The van der Waals surface area contributed by atoms with E-state index in [9.17, 15) is 14.4 Å². The number of rotatable bonds is 5. The lowest BCUT2D eigenvalue weighted by Crippen LogP contribution is -2.28. The molecule has 3 aromatic carbocycles. The Kier molecular flexibility index (Phi) is 5.81. The molecule has 0 aromatic heterocycles. The van der Waals surface area contributed by atoms with E-state index in [0.29, 0.717) is 5.69 Å². The van der Waals surface area contributed by atoms with Gasteiger partial charge in [0.2, 0.25) is 5.91 Å². The maximum atomic E-state index is 12.6. The number of esters is 1. The van der Waals surface area contributed by atoms with Crippen molar-refractivity contribution in [1.29, 1.82) is 0 Å². The average molecular weight is 467 g/mol. The van der Waals surface area contributed by atoms with Crippen LogP contribution >= 0.6 is 15.9 Å². The van der Waals surface area contributed by atoms with Crippen LogP contribution < -0.4 is 10.2 Å². The molecule has 7 heteroatoms. The van der Waals surface area contributed by atoms with E-state index < -0.39 is 24.4 Å². The highest BCUT2D eigenvalue weighted by Crippen LogP contribution is 2.32. The molecule has 3 aromatic rings. The molecule has 0 unspecified atom stereocenters. The Morgan fingerprint density at radius 2 is 1.77 bits per heavy atom. The predicted octanol–water partition coefficient (Wildman–Crippen LogP) is 4.14. The summed E-state index contributed by atoms with van der Waals surface area (Å²) in [5, 5.41) is 4.65. The van der Waals surface area contributed by atoms with Crippen LogP contribution in [-0.4, -0.2) is 30.9 Å². The zero-order chi connectivity index (χ0) is 21.1. The molecule has 152 valence electrons. The first-order chi connectivity index (χ1) is 14.5. The van der Waals surface area contributed by atoms with Crippen molar-refractivity contribution in [3.8, 4) is 0 Å². The molecule has 1 aliphatic rings. The van der Waals surface area contributed by atoms with Crippen molar-refractivity contribution in [3.63, 3.8) is 0 Å². The van der Waals surface area contributed by atoms with Crippen LogP contribution in [0.5, 0.6) is 0 Å². The number of hydrogen-bond donors (Lipinski definition) is 1. The van der Waals surface area contributed by atoms with E-state index in [2.05, 4.69) is 21.2 Å². The third-order valence-corrected chi connectivity index (χ3v) is 5.52. The van der Waals surface area contributed by atoms with Gasteiger partial charge in [0.1, 0.15) is 0 Å². The minimum absolute atomic E-state index is 0.0659. The van der Waals surface area contributed by atoms with E-state index in [1.165, 1.54) is 0 Å². The number of benzene rings is 3. The van der Waals surface area contributed by atoms with Crippen LogP contribution in [0.1, 0.15) is 6.42 Å². The number of ether oxygens (including phenoxy) is 1. The van der Waals surface area contributed by atoms with E-state index in [0.717, 1.165) is 20.9 Å². The molecular weight excluding hydrogens is 448 g/mol. The van der Waals surface area contributed by atoms with Crippen molar-refractivity contribution in [2.24, 2.45) is 5.92 Å². The zero-order valence-corrected chi connectivity index (χ0v) is 17.6. The molecule has 2 amide bonds. The Morgan fingerprint density at radius 1 is 1.03 bits per heavy atom. The first-order valence-electron chi connectivity index (χ1n) is 9.51. The molecule has 1 heterocycles. The molecule has 1 atom stereocenters. The molecule has 6 nitrogen and oxygen atoms in total. The van der Waals surface area contributed by atoms with E-state index in [1.807, 2.05) is 42.5 Å². The van der Waals surface area contributed by atoms with Crippen molar-refractivity contribution in [1.82, 2.24) is 0 Å². The van der Waals surface area contributed by atoms with Gasteiger partial charge in [-0.25, -0.2) is 0 Å². The summed E-state index contributed by atoms with van der Waals surface area (Å²) in [5.41, 5.74) is 1.39. The number of anilines is 2. The fourth-order valence-corrected chi connectivity index (χ4v) is 3.79. The lowest BCUT2D eigenvalue weighted by molar-refractivity contribution is -0.151. The fourth-order valence-electron chi connectivity index (χ4n) is 3.53. The third kappa shape index (κ3) is 4.36. The van der Waals surface area contributed by atoms with Crippen LogP contribution in [-0.2, 0) is 19.1 Å². The number of nitrogens with one attached hydrogen (secondary N) is 1. The van der Waals surface area contributed by atoms with E-state index in [-0.39, 0.29) is 18.9 Å². The van der Waals surface area contributed by atoms with Crippen molar-refractivity contribution < 1.29 is 19.1 Å². The second-order valence-corrected chi connectivity index (χ2v) is 7.98. The van der Waals surface area contributed by atoms with Gasteiger partial charge in [-0.2, -0.15) is 0 Å². The lowest BCUT2D eigenvalue weighted by Gasteiger charge is -2.18. The molecule has 0 saturated carbocycles. The van der Waals surface area contributed by atoms with Gasteiger partial charge >= 0.3 is 5.97 Å². The fraction of sp³-hybridized carbons (Fsp3) is 0.174. The summed E-state index contributed by atoms with van der Waals surface area (Å²) in [4.78, 5) is 38.7. The van der Waals surface area contributed by atoms with Crippen molar-refractivity contribution >= 4 is 55.9 Å². The smallest absolute Gasteiger partial charge is 0.311 e. The van der Waals surface area contributed by atoms with Gasteiger partial charge < -0.3 is 15.0 Å². The highest BCUT2D eigenvalue weighted by Gasteiger charge is 2.36. The summed E-state index contributed by atoms with van der Waals surface area (Å²) in [6.45, 7) is -0.159. The minimum Gasteiger partial charge on any atom is -0.455 e. The molecule has 0 radical (unpaired) electrons. The second kappa shape index (κ2) is 8.67. The highest BCUT2D eigenvalue weighted by atomic mass is 79.9. The summed E-state index contributed by atoms with van der Waals surface area (Å²) in [6, 6.07) is 20.6. The van der Waals surface area contributed by atoms with Gasteiger partial charge in [-0.3, -0.25) is 14.4 Å². The minimum atomic E-state index is -0.600. The van der Waals surface area contributed by atoms with Crippen LogP contribution in [0, 0.1) is 5.92 Å². The monoisotopic (exact) mass is 466 g/mol. The van der Waals surface area contributed by atoms with Crippen molar-refractivity contribution in [2.45, 2.75) is 6.42 Å². The molecule has 1 fully saturated rings. The molecule has 0 aliphatic carbocycles. The lowest BCUT2D eigenvalue weighted by atomic mass is 10.1. The summed E-state index contributed by atoms with van der Waals surface area (Å²) in [6.07, 6.45) is 0.0659. The highest BCUT2D eigenvalue weighted by molar-refractivity contribution is 9.10. The van der Waals surface area contributed by atoms with Gasteiger partial charge in [-0.15, -0.1) is 0 Å². The number of amides is 2. The molecule has 30 heavy (non-hydrogen) atoms. The van der Waals surface area contributed by atoms with Crippen LogP contribution in [0.2, 0.25) is 0 Å². The number of hydrogen-bond acceptors (Lipinski definition) is 4. The van der Waals surface area contributed by atoms with Crippen LogP contribution in [0.4, 0.5) is 11.4 Å². The summed E-state index contributed by atoms with van der Waals surface area (Å²) in [5.74, 6) is -1.71. The second-order valence-electron chi connectivity index (χ2n) is 7.07. The first-order valence-corrected chi connectivity index (χ1v) is 10.3. The zero-order valence-electron chi connectivity index (χ0n) is 16.0. The largest absolute Gasteiger partial charge is 0.455 e. The van der Waals surface area contributed by atoms with Gasteiger partial charge in [0.25, 0.3) is 5.91 Å². The number of halogens is 1. The first kappa shape index (κ1) is 20.1. The SMILES string of the molecule is O=C(COC(=O)[C@@H]1CC(=O)N(c2cccc3ccccc23)C1)Nc1ccc(Br)cc1. The Balaban J connectivity index is 1.37. The molecule has 1 N–H and O–H groups in total. The van der Waals surface area contributed by atoms with E-state index >= 15 is 0 Å². The van der Waals surface area contributed by atoms with Gasteiger partial charge in [0, 0.05) is 28.5 Å². The van der Waals surface area contributed by atoms with Crippen LogP contribution in [0.25, 0.3) is 10.8 Å². The standard InChI is InChI=1S/C23H19BrN2O4/c24-17-8-10-18(11-9-17)25-21(27)14-30-23(29)16-12-22(28)26(13-16)20-7-3-5-15-4-1-2-6-19(15)20/h1-11,16H,12-14H2,(H,25,27)/t16-/m1/s1. The molecule has 0 spiro atoms. The molecule has 0 bridgehead atoms. The van der Waals surface area contributed by atoms with Crippen LogP contribution in [0.3, 0.4) is 0 Å².